The lowest BCUT2D eigenvalue weighted by Gasteiger charge is -1.97. The number of hydrogen-bond donors (Lipinski definition) is 0. The molecule has 0 bridgehead atoms. The molecule has 1 aromatic rings. The third kappa shape index (κ3) is 10.1. The Bertz CT molecular complexity index is 315. The second-order valence-electron chi connectivity index (χ2n) is 3.15. The molecule has 0 atom stereocenters. The number of carbonyl (C=O) groups excluding carboxylic acids is 1. The van der Waals surface area contributed by atoms with Crippen LogP contribution in [-0.4, -0.2) is 19.3 Å². The molecule has 2 nitrogen and oxygen atoms in total. The lowest BCUT2D eigenvalue weighted by atomic mass is 10.4. The number of carbonyl (C=O) groups is 1. The maximum Gasteiger partial charge on any atom is 0.337 e. The van der Waals surface area contributed by atoms with E-state index in [1.165, 1.54) is 0 Å². The Hall–Kier alpha value is -0.800. The largest absolute Gasteiger partial charge is 0.464 e. The molecule has 0 aliphatic carbocycles. The van der Waals surface area contributed by atoms with Crippen LogP contribution in [0.2, 0.25) is 10.0 Å². The van der Waals surface area contributed by atoms with Gasteiger partial charge in [-0.25, -0.2) is 9.18 Å². The van der Waals surface area contributed by atoms with Crippen LogP contribution in [0.3, 0.4) is 0 Å². The summed E-state index contributed by atoms with van der Waals surface area (Å²) in [6, 6.07) is 7.08. The zero-order chi connectivity index (χ0) is 13.1. The van der Waals surface area contributed by atoms with Crippen LogP contribution in [0.1, 0.15) is 19.8 Å². The minimum Gasteiger partial charge on any atom is -0.464 e. The Morgan fingerprint density at radius 3 is 2.29 bits per heavy atom. The van der Waals surface area contributed by atoms with Crippen molar-refractivity contribution in [3.63, 3.8) is 0 Å². The molecule has 0 heterocycles. The molecule has 0 N–H and O–H groups in total. The number of hydrogen-bond acceptors (Lipinski definition) is 2. The average molecular weight is 281 g/mol. The van der Waals surface area contributed by atoms with Crippen LogP contribution in [0.15, 0.2) is 24.3 Å². The second-order valence-corrected chi connectivity index (χ2v) is 4.02. The summed E-state index contributed by atoms with van der Waals surface area (Å²) in [5.74, 6) is -0.761. The summed E-state index contributed by atoms with van der Waals surface area (Å²) >= 11 is 11.1. The van der Waals surface area contributed by atoms with Gasteiger partial charge in [-0.3, -0.25) is 0 Å². The van der Waals surface area contributed by atoms with E-state index in [4.69, 9.17) is 23.2 Å². The highest BCUT2D eigenvalue weighted by atomic mass is 35.5. The third-order valence-electron chi connectivity index (χ3n) is 1.66. The fraction of sp³-hybridized carbons (Fsp3) is 0.417. The molecule has 0 amide bonds. The van der Waals surface area contributed by atoms with Gasteiger partial charge >= 0.3 is 5.97 Å². The first-order valence-electron chi connectivity index (χ1n) is 5.22. The van der Waals surface area contributed by atoms with Gasteiger partial charge in [-0.15, -0.1) is 0 Å². The van der Waals surface area contributed by atoms with Gasteiger partial charge in [-0.05, 0) is 24.6 Å². The van der Waals surface area contributed by atoms with E-state index in [1.807, 2.05) is 13.0 Å². The molecule has 96 valence electrons. The highest BCUT2D eigenvalue weighted by Crippen LogP contribution is 2.13. The van der Waals surface area contributed by atoms with Gasteiger partial charge in [0.15, 0.2) is 6.67 Å². The van der Waals surface area contributed by atoms with Crippen molar-refractivity contribution in [1.82, 2.24) is 0 Å². The Balaban J connectivity index is 0.000000302. The van der Waals surface area contributed by atoms with E-state index in [1.54, 1.807) is 18.2 Å². The van der Waals surface area contributed by atoms with Gasteiger partial charge < -0.3 is 4.74 Å². The zero-order valence-electron chi connectivity index (χ0n) is 9.59. The van der Waals surface area contributed by atoms with Crippen molar-refractivity contribution in [2.75, 3.05) is 13.3 Å². The van der Waals surface area contributed by atoms with Crippen LogP contribution in [0.5, 0.6) is 0 Å². The summed E-state index contributed by atoms with van der Waals surface area (Å²) in [6.07, 6.45) is 1.77. The standard InChI is InChI=1S/C6H4Cl2.C6H11FO2/c7-5-2-1-3-6(8)4-5;1-2-3-4-9-6(8)5-7/h1-4H;2-5H2,1H3. The fourth-order valence-corrected chi connectivity index (χ4v) is 1.27. The Morgan fingerprint density at radius 1 is 1.35 bits per heavy atom. The summed E-state index contributed by atoms with van der Waals surface area (Å²) in [6.45, 7) is 1.31. The molecular weight excluding hydrogens is 266 g/mol. The van der Waals surface area contributed by atoms with Gasteiger partial charge in [-0.2, -0.15) is 0 Å². The summed E-state index contributed by atoms with van der Waals surface area (Å²) in [5, 5.41) is 1.36. The molecule has 17 heavy (non-hydrogen) atoms. The van der Waals surface area contributed by atoms with E-state index in [-0.39, 0.29) is 0 Å². The predicted molar refractivity (Wildman–Crippen MR) is 68.3 cm³/mol. The molecule has 0 saturated carbocycles. The molecular formula is C12H15Cl2FO2. The van der Waals surface area contributed by atoms with Gasteiger partial charge in [0, 0.05) is 10.0 Å². The molecule has 0 radical (unpaired) electrons. The highest BCUT2D eigenvalue weighted by Gasteiger charge is 1.97. The van der Waals surface area contributed by atoms with Crippen molar-refractivity contribution in [3.05, 3.63) is 34.3 Å². The van der Waals surface area contributed by atoms with E-state index in [2.05, 4.69) is 4.74 Å². The Kier molecular flexibility index (Phi) is 9.87. The Morgan fingerprint density at radius 2 is 1.94 bits per heavy atom. The number of halogens is 3. The summed E-state index contributed by atoms with van der Waals surface area (Å²) in [4.78, 5) is 10.1. The van der Waals surface area contributed by atoms with Crippen LogP contribution < -0.4 is 0 Å². The van der Waals surface area contributed by atoms with Crippen LogP contribution in [0.25, 0.3) is 0 Å². The molecule has 0 saturated heterocycles. The predicted octanol–water partition coefficient (Wildman–Crippen LogP) is 4.29. The minimum atomic E-state index is -1.01. The van der Waals surface area contributed by atoms with Gasteiger partial charge in [-0.1, -0.05) is 42.6 Å². The summed E-state index contributed by atoms with van der Waals surface area (Å²) in [5.41, 5.74) is 0. The van der Waals surface area contributed by atoms with Gasteiger partial charge in [0.05, 0.1) is 6.61 Å². The SMILES string of the molecule is CCCCOC(=O)CF.Clc1cccc(Cl)c1. The quantitative estimate of drug-likeness (QED) is 0.607. The van der Waals surface area contributed by atoms with E-state index in [9.17, 15) is 9.18 Å². The maximum atomic E-state index is 11.3. The van der Waals surface area contributed by atoms with Gasteiger partial charge in [0.25, 0.3) is 0 Å². The number of ether oxygens (including phenoxy) is 1. The van der Waals surface area contributed by atoms with Crippen molar-refractivity contribution < 1.29 is 13.9 Å². The van der Waals surface area contributed by atoms with Crippen molar-refractivity contribution in [3.8, 4) is 0 Å². The first-order valence-corrected chi connectivity index (χ1v) is 5.98. The molecule has 0 fully saturated rings. The first kappa shape index (κ1) is 16.2. The number of alkyl halides is 1. The van der Waals surface area contributed by atoms with E-state index < -0.39 is 12.6 Å². The van der Waals surface area contributed by atoms with Gasteiger partial charge in [0.2, 0.25) is 0 Å². The average Bonchev–Trinajstić information content (AvgIpc) is 2.29. The highest BCUT2D eigenvalue weighted by molar-refractivity contribution is 6.34. The number of benzene rings is 1. The van der Waals surface area contributed by atoms with Crippen LogP contribution >= 0.6 is 23.2 Å². The lowest BCUT2D eigenvalue weighted by Crippen LogP contribution is -2.06. The van der Waals surface area contributed by atoms with E-state index >= 15 is 0 Å². The normalized spacial score (nSPS) is 9.18. The van der Waals surface area contributed by atoms with E-state index in [0.29, 0.717) is 16.7 Å². The van der Waals surface area contributed by atoms with Crippen LogP contribution in [-0.2, 0) is 9.53 Å². The molecule has 1 aromatic carbocycles. The molecule has 0 aromatic heterocycles. The molecule has 1 rings (SSSR count). The zero-order valence-corrected chi connectivity index (χ0v) is 11.1. The monoisotopic (exact) mass is 280 g/mol. The van der Waals surface area contributed by atoms with Crippen molar-refractivity contribution in [2.45, 2.75) is 19.8 Å². The lowest BCUT2D eigenvalue weighted by molar-refractivity contribution is -0.144. The Labute approximate surface area is 111 Å². The van der Waals surface area contributed by atoms with Crippen molar-refractivity contribution in [1.29, 1.82) is 0 Å². The van der Waals surface area contributed by atoms with Crippen LogP contribution in [0.4, 0.5) is 4.39 Å². The molecule has 0 spiro atoms. The van der Waals surface area contributed by atoms with Crippen LogP contribution in [0, 0.1) is 0 Å². The number of rotatable bonds is 4. The minimum absolute atomic E-state index is 0.346. The topological polar surface area (TPSA) is 26.3 Å². The fourth-order valence-electron chi connectivity index (χ4n) is 0.829. The van der Waals surface area contributed by atoms with Crippen molar-refractivity contribution >= 4 is 29.2 Å². The second kappa shape index (κ2) is 10.4. The third-order valence-corrected chi connectivity index (χ3v) is 2.13. The number of unbranched alkanes of at least 4 members (excludes halogenated alkanes) is 1. The van der Waals surface area contributed by atoms with Gasteiger partial charge in [0.1, 0.15) is 0 Å². The summed E-state index contributed by atoms with van der Waals surface area (Å²) < 4.78 is 15.8. The smallest absolute Gasteiger partial charge is 0.337 e. The van der Waals surface area contributed by atoms with E-state index in [0.717, 1.165) is 12.8 Å². The first-order chi connectivity index (χ1) is 8.10. The van der Waals surface area contributed by atoms with Crippen molar-refractivity contribution in [2.24, 2.45) is 0 Å². The maximum absolute atomic E-state index is 11.3. The molecule has 0 unspecified atom stereocenters. The summed E-state index contributed by atoms with van der Waals surface area (Å²) in [7, 11) is 0. The molecule has 5 heteroatoms. The molecule has 0 aliphatic heterocycles. The molecule has 0 aliphatic rings. The number of esters is 1.